The summed E-state index contributed by atoms with van der Waals surface area (Å²) in [5.41, 5.74) is 1.67. The van der Waals surface area contributed by atoms with Gasteiger partial charge in [0.25, 0.3) is 5.91 Å². The van der Waals surface area contributed by atoms with Crippen molar-refractivity contribution >= 4 is 11.7 Å². The number of ether oxygens (including phenoxy) is 1. The first-order valence-electron chi connectivity index (χ1n) is 6.73. The molecule has 0 fully saturated rings. The Morgan fingerprint density at radius 3 is 2.95 bits per heavy atom. The van der Waals surface area contributed by atoms with E-state index >= 15 is 0 Å². The van der Waals surface area contributed by atoms with Crippen LogP contribution in [0.3, 0.4) is 0 Å². The lowest BCUT2D eigenvalue weighted by Gasteiger charge is -2.16. The number of hydrogen-bond donors (Lipinski definition) is 1. The summed E-state index contributed by atoms with van der Waals surface area (Å²) in [6.45, 7) is 4.38. The molecule has 0 heterocycles. The molecule has 0 saturated carbocycles. The minimum absolute atomic E-state index is 0.122. The quantitative estimate of drug-likeness (QED) is 0.883. The standard InChI is InChI=1S/C15H19NO3/c1-3-9-16-15(18)10(2)19-14-6-4-5-11-12(14)7-8-13(11)17/h4-6,10H,3,7-9H2,1-2H3,(H,16,18). The number of benzene rings is 1. The molecule has 102 valence electrons. The van der Waals surface area contributed by atoms with Gasteiger partial charge >= 0.3 is 0 Å². The maximum Gasteiger partial charge on any atom is 0.260 e. The van der Waals surface area contributed by atoms with Gasteiger partial charge in [-0.3, -0.25) is 9.59 Å². The molecule has 19 heavy (non-hydrogen) atoms. The average Bonchev–Trinajstić information content (AvgIpc) is 2.79. The van der Waals surface area contributed by atoms with Crippen LogP contribution in [-0.2, 0) is 11.2 Å². The van der Waals surface area contributed by atoms with Crippen LogP contribution in [0, 0.1) is 0 Å². The summed E-state index contributed by atoms with van der Waals surface area (Å²) in [4.78, 5) is 23.4. The fourth-order valence-electron chi connectivity index (χ4n) is 2.20. The summed E-state index contributed by atoms with van der Waals surface area (Å²) in [7, 11) is 0. The number of hydrogen-bond acceptors (Lipinski definition) is 3. The molecule has 1 N–H and O–H groups in total. The van der Waals surface area contributed by atoms with Gasteiger partial charge in [-0.2, -0.15) is 0 Å². The molecule has 0 aliphatic heterocycles. The second-order valence-corrected chi connectivity index (χ2v) is 4.76. The van der Waals surface area contributed by atoms with Crippen LogP contribution < -0.4 is 10.1 Å². The Kier molecular flexibility index (Phi) is 4.20. The van der Waals surface area contributed by atoms with Gasteiger partial charge in [0.15, 0.2) is 11.9 Å². The molecule has 0 aromatic heterocycles. The lowest BCUT2D eigenvalue weighted by atomic mass is 10.1. The van der Waals surface area contributed by atoms with E-state index in [9.17, 15) is 9.59 Å². The molecule has 0 saturated heterocycles. The minimum Gasteiger partial charge on any atom is -0.481 e. The van der Waals surface area contributed by atoms with E-state index in [1.54, 1.807) is 13.0 Å². The lowest BCUT2D eigenvalue weighted by Crippen LogP contribution is -2.36. The van der Waals surface area contributed by atoms with Gasteiger partial charge in [0, 0.05) is 24.1 Å². The number of Topliss-reactive ketones (excluding diaryl/α,β-unsaturated/α-hetero) is 1. The Morgan fingerprint density at radius 1 is 1.42 bits per heavy atom. The van der Waals surface area contributed by atoms with Crippen molar-refractivity contribution in [3.8, 4) is 5.75 Å². The highest BCUT2D eigenvalue weighted by atomic mass is 16.5. The number of carbonyl (C=O) groups is 2. The summed E-state index contributed by atoms with van der Waals surface area (Å²) < 4.78 is 5.70. The molecule has 1 aromatic rings. The van der Waals surface area contributed by atoms with Crippen LogP contribution >= 0.6 is 0 Å². The Hall–Kier alpha value is -1.84. The van der Waals surface area contributed by atoms with E-state index in [1.807, 2.05) is 19.1 Å². The molecule has 4 heteroatoms. The van der Waals surface area contributed by atoms with E-state index in [2.05, 4.69) is 5.32 Å². The van der Waals surface area contributed by atoms with E-state index in [-0.39, 0.29) is 11.7 Å². The zero-order valence-corrected chi connectivity index (χ0v) is 11.4. The zero-order chi connectivity index (χ0) is 13.8. The van der Waals surface area contributed by atoms with E-state index in [4.69, 9.17) is 4.74 Å². The number of fused-ring (bicyclic) bond motifs is 1. The molecule has 0 spiro atoms. The summed E-state index contributed by atoms with van der Waals surface area (Å²) in [5.74, 6) is 0.690. The predicted octanol–water partition coefficient (Wildman–Crippen LogP) is 2.11. The molecule has 1 unspecified atom stereocenters. The molecule has 1 atom stereocenters. The van der Waals surface area contributed by atoms with Crippen LogP contribution in [0.1, 0.15) is 42.6 Å². The molecule has 2 rings (SSSR count). The molecule has 1 aliphatic rings. The summed E-state index contributed by atoms with van der Waals surface area (Å²) >= 11 is 0. The van der Waals surface area contributed by atoms with Gasteiger partial charge < -0.3 is 10.1 Å². The van der Waals surface area contributed by atoms with Crippen molar-refractivity contribution in [2.75, 3.05) is 6.54 Å². The summed E-state index contributed by atoms with van der Waals surface area (Å²) in [6, 6.07) is 5.44. The van der Waals surface area contributed by atoms with Gasteiger partial charge in [0.1, 0.15) is 5.75 Å². The highest BCUT2D eigenvalue weighted by molar-refractivity contribution is 6.01. The Morgan fingerprint density at radius 2 is 2.21 bits per heavy atom. The SMILES string of the molecule is CCCNC(=O)C(C)Oc1cccc2c1CCC2=O. The Bertz CT molecular complexity index is 496. The van der Waals surface area contributed by atoms with Crippen LogP contribution in [0.2, 0.25) is 0 Å². The van der Waals surface area contributed by atoms with Crippen LogP contribution in [0.25, 0.3) is 0 Å². The van der Waals surface area contributed by atoms with E-state index in [0.29, 0.717) is 25.1 Å². The maximum atomic E-state index is 11.8. The van der Waals surface area contributed by atoms with Crippen molar-refractivity contribution < 1.29 is 14.3 Å². The second kappa shape index (κ2) is 5.87. The number of rotatable bonds is 5. The fraction of sp³-hybridized carbons (Fsp3) is 0.467. The smallest absolute Gasteiger partial charge is 0.260 e. The van der Waals surface area contributed by atoms with E-state index in [1.165, 1.54) is 0 Å². The number of carbonyl (C=O) groups excluding carboxylic acids is 2. The normalized spacial score (nSPS) is 14.9. The topological polar surface area (TPSA) is 55.4 Å². The van der Waals surface area contributed by atoms with Crippen molar-refractivity contribution in [1.29, 1.82) is 0 Å². The monoisotopic (exact) mass is 261 g/mol. The molecule has 0 radical (unpaired) electrons. The highest BCUT2D eigenvalue weighted by Crippen LogP contribution is 2.30. The third kappa shape index (κ3) is 2.95. The number of nitrogens with one attached hydrogen (secondary N) is 1. The fourth-order valence-corrected chi connectivity index (χ4v) is 2.20. The van der Waals surface area contributed by atoms with Crippen LogP contribution in [0.4, 0.5) is 0 Å². The van der Waals surface area contributed by atoms with E-state index in [0.717, 1.165) is 17.5 Å². The molecule has 1 aromatic carbocycles. The van der Waals surface area contributed by atoms with Crippen molar-refractivity contribution in [3.63, 3.8) is 0 Å². The van der Waals surface area contributed by atoms with Crippen LogP contribution in [-0.4, -0.2) is 24.3 Å². The van der Waals surface area contributed by atoms with Crippen molar-refractivity contribution in [2.24, 2.45) is 0 Å². The number of ketones is 1. The van der Waals surface area contributed by atoms with Crippen LogP contribution in [0.5, 0.6) is 5.75 Å². The van der Waals surface area contributed by atoms with Crippen molar-refractivity contribution in [3.05, 3.63) is 29.3 Å². The first-order valence-corrected chi connectivity index (χ1v) is 6.73. The predicted molar refractivity (Wildman–Crippen MR) is 72.5 cm³/mol. The van der Waals surface area contributed by atoms with Gasteiger partial charge in [-0.25, -0.2) is 0 Å². The lowest BCUT2D eigenvalue weighted by molar-refractivity contribution is -0.127. The van der Waals surface area contributed by atoms with Gasteiger partial charge in [0.05, 0.1) is 0 Å². The molecule has 1 aliphatic carbocycles. The highest BCUT2D eigenvalue weighted by Gasteiger charge is 2.24. The summed E-state index contributed by atoms with van der Waals surface area (Å²) in [5, 5.41) is 2.80. The Labute approximate surface area is 113 Å². The number of amides is 1. The van der Waals surface area contributed by atoms with Crippen molar-refractivity contribution in [2.45, 2.75) is 39.2 Å². The minimum atomic E-state index is -0.547. The largest absolute Gasteiger partial charge is 0.481 e. The zero-order valence-electron chi connectivity index (χ0n) is 11.4. The third-order valence-corrected chi connectivity index (χ3v) is 3.26. The molecular formula is C15H19NO3. The maximum absolute atomic E-state index is 11.8. The Balaban J connectivity index is 2.08. The van der Waals surface area contributed by atoms with E-state index < -0.39 is 6.10 Å². The van der Waals surface area contributed by atoms with Crippen molar-refractivity contribution in [1.82, 2.24) is 5.32 Å². The first kappa shape index (κ1) is 13.6. The molecular weight excluding hydrogens is 242 g/mol. The van der Waals surface area contributed by atoms with Gasteiger partial charge in [-0.1, -0.05) is 19.1 Å². The molecule has 0 bridgehead atoms. The molecule has 1 amide bonds. The third-order valence-electron chi connectivity index (χ3n) is 3.26. The van der Waals surface area contributed by atoms with Gasteiger partial charge in [0.2, 0.25) is 0 Å². The molecule has 4 nitrogen and oxygen atoms in total. The average molecular weight is 261 g/mol. The van der Waals surface area contributed by atoms with Gasteiger partial charge in [-0.05, 0) is 25.8 Å². The summed E-state index contributed by atoms with van der Waals surface area (Å²) in [6.07, 6.45) is 1.58. The second-order valence-electron chi connectivity index (χ2n) is 4.76. The van der Waals surface area contributed by atoms with Crippen LogP contribution in [0.15, 0.2) is 18.2 Å². The first-order chi connectivity index (χ1) is 9.13. The van der Waals surface area contributed by atoms with Gasteiger partial charge in [-0.15, -0.1) is 0 Å².